The molecule has 2 nitrogen and oxygen atoms in total. The van der Waals surface area contributed by atoms with Gasteiger partial charge in [0.25, 0.3) is 0 Å². The summed E-state index contributed by atoms with van der Waals surface area (Å²) in [6.07, 6.45) is 1.72. The second-order valence-corrected chi connectivity index (χ2v) is 5.71. The fourth-order valence-electron chi connectivity index (χ4n) is 1.81. The average Bonchev–Trinajstić information content (AvgIpc) is 2.41. The number of fused-ring (bicyclic) bond motifs is 1. The van der Waals surface area contributed by atoms with Crippen LogP contribution in [-0.4, -0.2) is 4.98 Å². The number of rotatable bonds is 2. The van der Waals surface area contributed by atoms with E-state index >= 15 is 0 Å². The first-order valence-electron chi connectivity index (χ1n) is 5.70. The lowest BCUT2D eigenvalue weighted by atomic mass is 10.2. The fourth-order valence-corrected chi connectivity index (χ4v) is 2.34. The summed E-state index contributed by atoms with van der Waals surface area (Å²) >= 11 is 8.23. The number of hydrogen-bond donors (Lipinski definition) is 0. The van der Waals surface area contributed by atoms with Crippen LogP contribution >= 0.6 is 34.2 Å². The number of hydrogen-bond acceptors (Lipinski definition) is 2. The number of halogens is 2. The Kier molecular flexibility index (Phi) is 3.57. The van der Waals surface area contributed by atoms with E-state index in [4.69, 9.17) is 16.3 Å². The Labute approximate surface area is 129 Å². The van der Waals surface area contributed by atoms with Crippen molar-refractivity contribution < 1.29 is 4.74 Å². The number of pyridine rings is 1. The Hall–Kier alpha value is -1.33. The van der Waals surface area contributed by atoms with Crippen LogP contribution in [0.4, 0.5) is 0 Å². The summed E-state index contributed by atoms with van der Waals surface area (Å²) < 4.78 is 7.08. The molecule has 0 unspecified atom stereocenters. The third-order valence-corrected chi connectivity index (χ3v) is 3.66. The van der Waals surface area contributed by atoms with Crippen LogP contribution < -0.4 is 4.74 Å². The second-order valence-electron chi connectivity index (χ2n) is 4.03. The first-order chi connectivity index (χ1) is 9.22. The topological polar surface area (TPSA) is 22.1 Å². The van der Waals surface area contributed by atoms with Crippen LogP contribution in [0.1, 0.15) is 0 Å². The second kappa shape index (κ2) is 5.35. The molecule has 19 heavy (non-hydrogen) atoms. The predicted octanol–water partition coefficient (Wildman–Crippen LogP) is 5.29. The molecule has 1 heterocycles. The van der Waals surface area contributed by atoms with Gasteiger partial charge < -0.3 is 4.74 Å². The van der Waals surface area contributed by atoms with Gasteiger partial charge >= 0.3 is 0 Å². The summed E-state index contributed by atoms with van der Waals surface area (Å²) in [5, 5.41) is 1.62. The maximum absolute atomic E-state index is 5.97. The Balaban J connectivity index is 2.03. The van der Waals surface area contributed by atoms with Gasteiger partial charge in [0, 0.05) is 20.2 Å². The first kappa shape index (κ1) is 12.7. The van der Waals surface area contributed by atoms with Crippen LogP contribution in [0.5, 0.6) is 11.5 Å². The average molecular weight is 382 g/mol. The molecule has 0 saturated heterocycles. The molecule has 3 rings (SSSR count). The molecule has 4 heteroatoms. The Bertz CT molecular complexity index is 728. The minimum atomic E-state index is 0.673. The minimum Gasteiger partial charge on any atom is -0.457 e. The van der Waals surface area contributed by atoms with Gasteiger partial charge in [0.15, 0.2) is 0 Å². The van der Waals surface area contributed by atoms with Crippen molar-refractivity contribution in [1.29, 1.82) is 0 Å². The molecule has 0 fully saturated rings. The predicted molar refractivity (Wildman–Crippen MR) is 86.0 cm³/mol. The number of nitrogens with zero attached hydrogens (tertiary/aromatic N) is 1. The van der Waals surface area contributed by atoms with E-state index in [2.05, 4.69) is 27.6 Å². The van der Waals surface area contributed by atoms with Crippen LogP contribution in [0.25, 0.3) is 10.9 Å². The third-order valence-electron chi connectivity index (χ3n) is 2.71. The standard InChI is InChI=1S/C15H9ClINO/c16-10-1-6-13-14(9-10)18-8-7-15(13)19-12-4-2-11(17)3-5-12/h1-9H. The quantitative estimate of drug-likeness (QED) is 0.563. The highest BCUT2D eigenvalue weighted by Crippen LogP contribution is 2.30. The summed E-state index contributed by atoms with van der Waals surface area (Å²) in [7, 11) is 0. The van der Waals surface area contributed by atoms with Crippen molar-refractivity contribution in [2.45, 2.75) is 0 Å². The molecule has 0 saturated carbocycles. The lowest BCUT2D eigenvalue weighted by molar-refractivity contribution is 0.488. The maximum atomic E-state index is 5.97. The minimum absolute atomic E-state index is 0.673. The first-order valence-corrected chi connectivity index (χ1v) is 7.16. The summed E-state index contributed by atoms with van der Waals surface area (Å²) in [6.45, 7) is 0. The molecule has 0 bridgehead atoms. The van der Waals surface area contributed by atoms with Crippen LogP contribution in [0.15, 0.2) is 54.7 Å². The molecular formula is C15H9ClINO. The van der Waals surface area contributed by atoms with Crippen LogP contribution in [-0.2, 0) is 0 Å². The van der Waals surface area contributed by atoms with Gasteiger partial charge in [-0.25, -0.2) is 0 Å². The molecule has 0 aliphatic carbocycles. The smallest absolute Gasteiger partial charge is 0.138 e. The van der Waals surface area contributed by atoms with Gasteiger partial charge in [0.1, 0.15) is 11.5 Å². The van der Waals surface area contributed by atoms with Crippen molar-refractivity contribution in [2.75, 3.05) is 0 Å². The molecule has 0 aliphatic heterocycles. The molecule has 0 atom stereocenters. The van der Waals surface area contributed by atoms with Gasteiger partial charge in [-0.15, -0.1) is 0 Å². The lowest BCUT2D eigenvalue weighted by Crippen LogP contribution is -1.87. The van der Waals surface area contributed by atoms with E-state index in [1.165, 1.54) is 3.57 Å². The fraction of sp³-hybridized carbons (Fsp3) is 0. The van der Waals surface area contributed by atoms with Crippen LogP contribution in [0.2, 0.25) is 5.02 Å². The van der Waals surface area contributed by atoms with E-state index in [0.29, 0.717) is 5.02 Å². The Morgan fingerprint density at radius 2 is 1.79 bits per heavy atom. The molecule has 0 amide bonds. The highest BCUT2D eigenvalue weighted by atomic mass is 127. The molecule has 94 valence electrons. The van der Waals surface area contributed by atoms with Crippen LogP contribution in [0.3, 0.4) is 0 Å². The van der Waals surface area contributed by atoms with Crippen molar-refractivity contribution in [2.24, 2.45) is 0 Å². The van der Waals surface area contributed by atoms with Gasteiger partial charge in [-0.1, -0.05) is 11.6 Å². The zero-order valence-corrected chi connectivity index (χ0v) is 12.7. The van der Waals surface area contributed by atoms with Crippen LogP contribution in [0, 0.1) is 3.57 Å². The van der Waals surface area contributed by atoms with Crippen molar-refractivity contribution in [3.63, 3.8) is 0 Å². The molecule has 2 aromatic carbocycles. The van der Waals surface area contributed by atoms with Gasteiger partial charge in [0.2, 0.25) is 0 Å². The van der Waals surface area contributed by atoms with Crippen molar-refractivity contribution in [3.05, 3.63) is 63.3 Å². The number of aromatic nitrogens is 1. The third kappa shape index (κ3) is 2.82. The Morgan fingerprint density at radius 1 is 1.00 bits per heavy atom. The van der Waals surface area contributed by atoms with Gasteiger partial charge in [-0.3, -0.25) is 4.98 Å². The van der Waals surface area contributed by atoms with E-state index in [1.54, 1.807) is 6.20 Å². The summed E-state index contributed by atoms with van der Waals surface area (Å²) in [4.78, 5) is 4.29. The van der Waals surface area contributed by atoms with Gasteiger partial charge in [-0.05, 0) is 71.1 Å². The number of ether oxygens (including phenoxy) is 1. The van der Waals surface area contributed by atoms with Crippen molar-refractivity contribution in [3.8, 4) is 11.5 Å². The Morgan fingerprint density at radius 3 is 2.58 bits per heavy atom. The molecule has 0 N–H and O–H groups in total. The summed E-state index contributed by atoms with van der Waals surface area (Å²) in [6, 6.07) is 15.4. The summed E-state index contributed by atoms with van der Waals surface area (Å²) in [5.74, 6) is 1.59. The number of benzene rings is 2. The van der Waals surface area contributed by atoms with Gasteiger partial charge in [-0.2, -0.15) is 0 Å². The monoisotopic (exact) mass is 381 g/mol. The van der Waals surface area contributed by atoms with Gasteiger partial charge in [0.05, 0.1) is 5.52 Å². The summed E-state index contributed by atoms with van der Waals surface area (Å²) in [5.41, 5.74) is 0.829. The molecule has 3 aromatic rings. The van der Waals surface area contributed by atoms with E-state index in [-0.39, 0.29) is 0 Å². The zero-order chi connectivity index (χ0) is 13.2. The highest BCUT2D eigenvalue weighted by Gasteiger charge is 2.05. The normalized spacial score (nSPS) is 10.6. The van der Waals surface area contributed by atoms with E-state index in [1.807, 2.05) is 48.5 Å². The van der Waals surface area contributed by atoms with Crippen molar-refractivity contribution >= 4 is 45.1 Å². The molecule has 0 spiro atoms. The lowest BCUT2D eigenvalue weighted by Gasteiger charge is -2.08. The maximum Gasteiger partial charge on any atom is 0.138 e. The highest BCUT2D eigenvalue weighted by molar-refractivity contribution is 14.1. The zero-order valence-electron chi connectivity index (χ0n) is 9.81. The molecular weight excluding hydrogens is 373 g/mol. The largest absolute Gasteiger partial charge is 0.457 e. The SMILES string of the molecule is Clc1ccc2c(Oc3ccc(I)cc3)ccnc2c1. The van der Waals surface area contributed by atoms with E-state index < -0.39 is 0 Å². The van der Waals surface area contributed by atoms with E-state index in [0.717, 1.165) is 22.4 Å². The van der Waals surface area contributed by atoms with E-state index in [9.17, 15) is 0 Å². The van der Waals surface area contributed by atoms with Crippen molar-refractivity contribution in [1.82, 2.24) is 4.98 Å². The molecule has 0 aliphatic rings. The molecule has 1 aromatic heterocycles. The molecule has 0 radical (unpaired) electrons.